The molecule has 3 heterocycles. The minimum atomic E-state index is -0.201. The predicted molar refractivity (Wildman–Crippen MR) is 171 cm³/mol. The number of nitrogens with one attached hydrogen (secondary N) is 8. The van der Waals surface area contributed by atoms with Crippen LogP contribution in [0.3, 0.4) is 0 Å². The summed E-state index contributed by atoms with van der Waals surface area (Å²) in [6, 6.07) is 0. The second kappa shape index (κ2) is 21.7. The normalized spacial score (nSPS) is 25.7. The molecule has 0 aliphatic carbocycles. The summed E-state index contributed by atoms with van der Waals surface area (Å²) in [6.07, 6.45) is 19.2. The monoisotopic (exact) mass is 564 g/mol. The highest BCUT2D eigenvalue weighted by Gasteiger charge is 2.31. The van der Waals surface area contributed by atoms with Crippen LogP contribution in [0.2, 0.25) is 0 Å². The Balaban J connectivity index is 1.72. The maximum Gasteiger partial charge on any atom is 0.166 e. The Hall–Kier alpha value is -0.990. The maximum absolute atomic E-state index is 5.79. The van der Waals surface area contributed by atoms with Crippen LogP contribution in [-0.4, -0.2) is 95.7 Å². The van der Waals surface area contributed by atoms with Crippen molar-refractivity contribution in [2.75, 3.05) is 85.1 Å². The fourth-order valence-corrected chi connectivity index (χ4v) is 5.76. The van der Waals surface area contributed by atoms with Gasteiger partial charge in [-0.05, 0) is 25.1 Å². The Morgan fingerprint density at radius 2 is 1.03 bits per heavy atom. The topological polar surface area (TPSA) is 96.2 Å². The van der Waals surface area contributed by atoms with Crippen molar-refractivity contribution in [3.63, 3.8) is 0 Å². The molecule has 3 aliphatic rings. The van der Waals surface area contributed by atoms with E-state index in [1.165, 1.54) is 57.8 Å². The van der Waals surface area contributed by atoms with Crippen molar-refractivity contribution in [2.24, 2.45) is 5.41 Å². The first-order valence-corrected chi connectivity index (χ1v) is 16.2. The first-order valence-electron chi connectivity index (χ1n) is 15.8. The molecule has 0 aromatic carbocycles. The van der Waals surface area contributed by atoms with E-state index in [1.54, 1.807) is 0 Å². The van der Waals surface area contributed by atoms with Crippen LogP contribution in [0.25, 0.3) is 0 Å². The van der Waals surface area contributed by atoms with Crippen LogP contribution in [0.15, 0.2) is 0 Å². The van der Waals surface area contributed by atoms with Crippen LogP contribution < -0.4 is 42.5 Å². The molecular weight excluding hydrogens is 504 g/mol. The zero-order chi connectivity index (χ0) is 27.9. The lowest BCUT2D eigenvalue weighted by Crippen LogP contribution is -2.67. The van der Waals surface area contributed by atoms with Crippen LogP contribution in [0.4, 0.5) is 0 Å². The summed E-state index contributed by atoms with van der Waals surface area (Å²) in [5.41, 5.74) is -0.00631. The molecule has 2 bridgehead atoms. The van der Waals surface area contributed by atoms with Gasteiger partial charge < -0.3 is 42.5 Å². The molecule has 3 fully saturated rings. The number of unbranched alkanes of at least 4 members (excludes halogenated alkanes) is 10. The molecule has 0 amide bonds. The van der Waals surface area contributed by atoms with E-state index in [0.29, 0.717) is 0 Å². The summed E-state index contributed by atoms with van der Waals surface area (Å²) in [7, 11) is 0. The lowest BCUT2D eigenvalue weighted by Gasteiger charge is -2.38. The average Bonchev–Trinajstić information content (AvgIpc) is 2.92. The van der Waals surface area contributed by atoms with Gasteiger partial charge in [-0.2, -0.15) is 0 Å². The predicted octanol–water partition coefficient (Wildman–Crippen LogP) is 1.68. The summed E-state index contributed by atoms with van der Waals surface area (Å²) >= 11 is 5.79. The largest absolute Gasteiger partial charge is 0.363 e. The number of thiocarbonyl (C=S) groups is 1. The Bertz CT molecular complexity index is 624. The molecule has 39 heavy (non-hydrogen) atoms. The SMILES string of the molecule is C#CCCCCCCCCCCCCNC(=S)NC12CNCCNCC(C)(CNCCNC1)CNCCNC2. The van der Waals surface area contributed by atoms with Crippen LogP contribution >= 0.6 is 12.2 Å². The van der Waals surface area contributed by atoms with Crippen molar-refractivity contribution in [2.45, 2.75) is 83.1 Å². The zero-order valence-corrected chi connectivity index (χ0v) is 25.8. The molecule has 9 heteroatoms. The molecule has 0 saturated carbocycles. The van der Waals surface area contributed by atoms with Crippen molar-refractivity contribution in [1.82, 2.24) is 42.5 Å². The summed E-state index contributed by atoms with van der Waals surface area (Å²) < 4.78 is 0. The highest BCUT2D eigenvalue weighted by Crippen LogP contribution is 2.13. The van der Waals surface area contributed by atoms with E-state index >= 15 is 0 Å². The number of hydrogen-bond donors (Lipinski definition) is 8. The van der Waals surface area contributed by atoms with Gasteiger partial charge >= 0.3 is 0 Å². The molecule has 0 spiro atoms. The fourth-order valence-electron chi connectivity index (χ4n) is 5.44. The first kappa shape index (κ1) is 34.2. The Morgan fingerprint density at radius 3 is 1.46 bits per heavy atom. The van der Waals surface area contributed by atoms with E-state index in [-0.39, 0.29) is 11.0 Å². The number of fused-ring (bicyclic) bond motifs is 15. The van der Waals surface area contributed by atoms with Gasteiger partial charge in [-0.15, -0.1) is 12.3 Å². The highest BCUT2D eigenvalue weighted by atomic mass is 32.1. The van der Waals surface area contributed by atoms with Gasteiger partial charge in [0.2, 0.25) is 0 Å². The van der Waals surface area contributed by atoms with Crippen LogP contribution in [-0.2, 0) is 0 Å². The summed E-state index contributed by atoms with van der Waals surface area (Å²) in [5, 5.41) is 30.1. The van der Waals surface area contributed by atoms with Crippen molar-refractivity contribution >= 4 is 17.3 Å². The molecular formula is C30H60N8S. The minimum Gasteiger partial charge on any atom is -0.363 e. The fraction of sp³-hybridized carbons (Fsp3) is 0.900. The van der Waals surface area contributed by atoms with E-state index < -0.39 is 0 Å². The second-order valence-electron chi connectivity index (χ2n) is 12.0. The Morgan fingerprint density at radius 1 is 0.641 bits per heavy atom. The van der Waals surface area contributed by atoms with Gasteiger partial charge in [-0.25, -0.2) is 0 Å². The van der Waals surface area contributed by atoms with E-state index in [2.05, 4.69) is 55.4 Å². The standard InChI is InChI=1S/C30H60N8S/c1-3-4-5-6-7-8-9-10-11-12-13-14-15-37-28(39)38-30-25-34-19-16-31-22-29(2,23-32-17-20-35-26-30)24-33-18-21-36-27-30/h1,31-36H,4-27H2,2H3,(H2,37,38,39). The molecule has 226 valence electrons. The first-order chi connectivity index (χ1) is 19.1. The van der Waals surface area contributed by atoms with Crippen LogP contribution in [0.5, 0.6) is 0 Å². The maximum atomic E-state index is 5.79. The van der Waals surface area contributed by atoms with Gasteiger partial charge in [0.1, 0.15) is 0 Å². The molecule has 8 N–H and O–H groups in total. The molecule has 8 nitrogen and oxygen atoms in total. The Kier molecular flexibility index (Phi) is 19.1. The number of terminal acetylenes is 1. The van der Waals surface area contributed by atoms with Crippen LogP contribution in [0, 0.1) is 17.8 Å². The summed E-state index contributed by atoms with van der Waals surface area (Å²) in [4.78, 5) is 0. The van der Waals surface area contributed by atoms with Crippen molar-refractivity contribution in [3.05, 3.63) is 0 Å². The molecule has 0 aromatic heterocycles. The molecule has 0 atom stereocenters. The van der Waals surface area contributed by atoms with Gasteiger partial charge in [0.05, 0.1) is 5.54 Å². The van der Waals surface area contributed by atoms with Crippen molar-refractivity contribution < 1.29 is 0 Å². The molecule has 0 aromatic rings. The quantitative estimate of drug-likeness (QED) is 0.0966. The van der Waals surface area contributed by atoms with Crippen molar-refractivity contribution in [1.29, 1.82) is 0 Å². The zero-order valence-electron chi connectivity index (χ0n) is 25.0. The number of hydrogen-bond acceptors (Lipinski definition) is 7. The van der Waals surface area contributed by atoms with Gasteiger partial charge in [0, 0.05) is 96.9 Å². The highest BCUT2D eigenvalue weighted by molar-refractivity contribution is 7.80. The second-order valence-corrected chi connectivity index (χ2v) is 12.4. The number of rotatable bonds is 13. The van der Waals surface area contributed by atoms with Crippen LogP contribution in [0.1, 0.15) is 77.6 Å². The minimum absolute atomic E-state index is 0.194. The lowest BCUT2D eigenvalue weighted by atomic mass is 9.90. The van der Waals surface area contributed by atoms with Gasteiger partial charge in [0.25, 0.3) is 0 Å². The smallest absolute Gasteiger partial charge is 0.166 e. The third kappa shape index (κ3) is 16.8. The van der Waals surface area contributed by atoms with Crippen molar-refractivity contribution in [3.8, 4) is 12.3 Å². The molecule has 3 aliphatic heterocycles. The van der Waals surface area contributed by atoms with E-state index in [4.69, 9.17) is 18.6 Å². The van der Waals surface area contributed by atoms with Gasteiger partial charge in [-0.3, -0.25) is 0 Å². The van der Waals surface area contributed by atoms with Gasteiger partial charge in [-0.1, -0.05) is 58.3 Å². The van der Waals surface area contributed by atoms with E-state index in [0.717, 1.165) is 103 Å². The molecule has 3 saturated heterocycles. The molecule has 3 rings (SSSR count). The van der Waals surface area contributed by atoms with Gasteiger partial charge in [0.15, 0.2) is 5.11 Å². The van der Waals surface area contributed by atoms with E-state index in [9.17, 15) is 0 Å². The third-order valence-electron chi connectivity index (χ3n) is 7.89. The summed E-state index contributed by atoms with van der Waals surface area (Å²) in [5.74, 6) is 2.73. The molecule has 0 radical (unpaired) electrons. The lowest BCUT2D eigenvalue weighted by molar-refractivity contribution is 0.260. The summed E-state index contributed by atoms with van der Waals surface area (Å²) in [6.45, 7) is 14.5. The third-order valence-corrected chi connectivity index (χ3v) is 8.14. The Labute approximate surface area is 245 Å². The average molecular weight is 565 g/mol. The molecule has 0 unspecified atom stereocenters. The van der Waals surface area contributed by atoms with E-state index in [1.807, 2.05) is 0 Å².